The van der Waals surface area contributed by atoms with Crippen molar-refractivity contribution < 1.29 is 18.0 Å². The van der Waals surface area contributed by atoms with Crippen LogP contribution in [0.3, 0.4) is 0 Å². The van der Waals surface area contributed by atoms with Gasteiger partial charge >= 0.3 is 0 Å². The lowest BCUT2D eigenvalue weighted by molar-refractivity contribution is 0.0629. The van der Waals surface area contributed by atoms with E-state index in [1.165, 1.54) is 0 Å². The number of nitrogens with one attached hydrogen (secondary N) is 1. The molecule has 4 rings (SSSR count). The molecule has 0 spiro atoms. The number of furan rings is 1. The van der Waals surface area contributed by atoms with Crippen LogP contribution in [0, 0.1) is 23.0 Å². The van der Waals surface area contributed by atoms with Crippen LogP contribution in [0.4, 0.5) is 14.5 Å². The fourth-order valence-corrected chi connectivity index (χ4v) is 3.82. The molecule has 1 N–H and O–H groups in total. The van der Waals surface area contributed by atoms with E-state index in [0.29, 0.717) is 17.7 Å². The Bertz CT molecular complexity index is 1080. The Kier molecular flexibility index (Phi) is 5.17. The topological polar surface area (TPSA) is 69.3 Å². The van der Waals surface area contributed by atoms with Gasteiger partial charge < -0.3 is 14.6 Å². The summed E-state index contributed by atoms with van der Waals surface area (Å²) in [7, 11) is 0. The van der Waals surface area contributed by atoms with Gasteiger partial charge in [0.1, 0.15) is 11.3 Å². The van der Waals surface area contributed by atoms with Crippen LogP contribution in [0.1, 0.15) is 35.2 Å². The van der Waals surface area contributed by atoms with Crippen molar-refractivity contribution in [3.8, 4) is 6.07 Å². The normalized spacial score (nSPS) is 16.6. The molecule has 29 heavy (non-hydrogen) atoms. The third-order valence-corrected chi connectivity index (χ3v) is 5.28. The second-order valence-electron chi connectivity index (χ2n) is 7.10. The van der Waals surface area contributed by atoms with Crippen LogP contribution in [0.15, 0.2) is 47.1 Å². The van der Waals surface area contributed by atoms with Gasteiger partial charge in [-0.2, -0.15) is 5.26 Å². The second kappa shape index (κ2) is 7.92. The van der Waals surface area contributed by atoms with Gasteiger partial charge in [-0.25, -0.2) is 8.78 Å². The summed E-state index contributed by atoms with van der Waals surface area (Å²) < 4.78 is 33.8. The van der Waals surface area contributed by atoms with Crippen LogP contribution in [-0.4, -0.2) is 29.9 Å². The first-order chi connectivity index (χ1) is 14.1. The summed E-state index contributed by atoms with van der Waals surface area (Å²) in [4.78, 5) is 14.9. The maximum atomic E-state index is 14.2. The molecule has 2 heterocycles. The molecule has 148 valence electrons. The molecule has 0 unspecified atom stereocenters. The van der Waals surface area contributed by atoms with Crippen LogP contribution in [0.5, 0.6) is 0 Å². The molecule has 1 fully saturated rings. The van der Waals surface area contributed by atoms with E-state index < -0.39 is 11.6 Å². The zero-order valence-corrected chi connectivity index (χ0v) is 15.6. The van der Waals surface area contributed by atoms with Gasteiger partial charge in [-0.3, -0.25) is 4.79 Å². The lowest BCUT2D eigenvalue weighted by Gasteiger charge is -2.36. The summed E-state index contributed by atoms with van der Waals surface area (Å²) >= 11 is 0. The van der Waals surface area contributed by atoms with Crippen molar-refractivity contribution in [1.82, 2.24) is 4.90 Å². The lowest BCUT2D eigenvalue weighted by Crippen LogP contribution is -2.47. The predicted molar refractivity (Wildman–Crippen MR) is 104 cm³/mol. The van der Waals surface area contributed by atoms with Gasteiger partial charge in [-0.15, -0.1) is 0 Å². The number of benzene rings is 2. The van der Waals surface area contributed by atoms with Crippen LogP contribution in [0.25, 0.3) is 11.0 Å². The highest BCUT2D eigenvalue weighted by Gasteiger charge is 2.29. The van der Waals surface area contributed by atoms with Crippen molar-refractivity contribution in [2.75, 3.05) is 18.4 Å². The number of amides is 1. The molecule has 7 heteroatoms. The first-order valence-corrected chi connectivity index (χ1v) is 9.48. The van der Waals surface area contributed by atoms with Gasteiger partial charge in [-0.05, 0) is 43.5 Å². The molecule has 0 radical (unpaired) electrons. The van der Waals surface area contributed by atoms with E-state index in [1.807, 2.05) is 12.1 Å². The highest BCUT2D eigenvalue weighted by atomic mass is 19.1. The highest BCUT2D eigenvalue weighted by molar-refractivity contribution is 6.05. The Morgan fingerprint density at radius 3 is 2.79 bits per heavy atom. The molecule has 0 bridgehead atoms. The summed E-state index contributed by atoms with van der Waals surface area (Å²) in [6, 6.07) is 10.7. The minimum absolute atomic E-state index is 0.0773. The molecule has 3 aromatic rings. The summed E-state index contributed by atoms with van der Waals surface area (Å²) in [5.41, 5.74) is 0.663. The number of hydrogen-bond donors (Lipinski definition) is 1. The largest absolute Gasteiger partial charge is 0.464 e. The summed E-state index contributed by atoms with van der Waals surface area (Å²) in [5.74, 6) is -1.80. The first kappa shape index (κ1) is 18.9. The van der Waals surface area contributed by atoms with E-state index in [-0.39, 0.29) is 29.7 Å². The Balaban J connectivity index is 1.55. The van der Waals surface area contributed by atoms with Crippen LogP contribution in [0.2, 0.25) is 0 Å². The zero-order chi connectivity index (χ0) is 20.4. The molecular weight excluding hydrogens is 376 g/mol. The van der Waals surface area contributed by atoms with E-state index in [1.54, 1.807) is 29.4 Å². The number of rotatable bonds is 4. The Morgan fingerprint density at radius 2 is 2.03 bits per heavy atom. The number of nitrogens with zero attached hydrogens (tertiary/aromatic N) is 2. The number of hydrogen-bond acceptors (Lipinski definition) is 4. The zero-order valence-electron chi connectivity index (χ0n) is 15.6. The van der Waals surface area contributed by atoms with Gasteiger partial charge in [-0.1, -0.05) is 12.1 Å². The molecule has 0 saturated carbocycles. The van der Waals surface area contributed by atoms with Crippen molar-refractivity contribution in [1.29, 1.82) is 5.26 Å². The minimum Gasteiger partial charge on any atom is -0.464 e. The van der Waals surface area contributed by atoms with E-state index in [0.717, 1.165) is 36.8 Å². The maximum Gasteiger partial charge on any atom is 0.257 e. The summed E-state index contributed by atoms with van der Waals surface area (Å²) in [6.07, 6.45) is 4.08. The maximum absolute atomic E-state index is 14.2. The SMILES string of the molecule is N#Cc1cc(F)c(NC[C@@H]2CCCCN2C(=O)c2cccc3ccoc23)c(F)c1. The van der Waals surface area contributed by atoms with Crippen molar-refractivity contribution >= 4 is 22.6 Å². The molecule has 1 atom stereocenters. The highest BCUT2D eigenvalue weighted by Crippen LogP contribution is 2.26. The van der Waals surface area contributed by atoms with E-state index in [4.69, 9.17) is 9.68 Å². The summed E-state index contributed by atoms with van der Waals surface area (Å²) in [5, 5.41) is 12.5. The number of piperidine rings is 1. The van der Waals surface area contributed by atoms with Crippen molar-refractivity contribution in [2.24, 2.45) is 0 Å². The molecule has 1 aliphatic rings. The standard InChI is InChI=1S/C22H19F2N3O2/c23-18-10-14(12-25)11-19(24)20(18)26-13-16-5-1-2-8-27(16)22(28)17-6-3-4-15-7-9-29-21(15)17/h3-4,6-7,9-11,16,26H,1-2,5,8,13H2/t16-/m0/s1. The third-order valence-electron chi connectivity index (χ3n) is 5.28. The number of nitriles is 1. The van der Waals surface area contributed by atoms with E-state index in [2.05, 4.69) is 5.32 Å². The fourth-order valence-electron chi connectivity index (χ4n) is 3.82. The third kappa shape index (κ3) is 3.66. The molecule has 1 saturated heterocycles. The number of para-hydroxylation sites is 1. The Morgan fingerprint density at radius 1 is 1.24 bits per heavy atom. The number of anilines is 1. The van der Waals surface area contributed by atoms with Crippen LogP contribution in [-0.2, 0) is 0 Å². The number of carbonyl (C=O) groups excluding carboxylic acids is 1. The number of halogens is 2. The lowest BCUT2D eigenvalue weighted by atomic mass is 10.00. The molecular formula is C22H19F2N3O2. The molecule has 2 aromatic carbocycles. The van der Waals surface area contributed by atoms with Gasteiger partial charge in [0, 0.05) is 24.5 Å². The predicted octanol–water partition coefficient (Wildman–Crippen LogP) is 4.69. The summed E-state index contributed by atoms with van der Waals surface area (Å²) in [6.45, 7) is 0.778. The van der Waals surface area contributed by atoms with Gasteiger partial charge in [0.15, 0.2) is 11.6 Å². The van der Waals surface area contributed by atoms with Crippen molar-refractivity contribution in [2.45, 2.75) is 25.3 Å². The fraction of sp³-hybridized carbons (Fsp3) is 0.273. The van der Waals surface area contributed by atoms with Crippen molar-refractivity contribution in [3.63, 3.8) is 0 Å². The smallest absolute Gasteiger partial charge is 0.257 e. The van der Waals surface area contributed by atoms with Crippen molar-refractivity contribution in [3.05, 3.63) is 65.4 Å². The average Bonchev–Trinajstić information content (AvgIpc) is 3.21. The number of carbonyl (C=O) groups is 1. The number of fused-ring (bicyclic) bond motifs is 1. The molecule has 1 aromatic heterocycles. The molecule has 0 aliphatic carbocycles. The van der Waals surface area contributed by atoms with Crippen LogP contribution >= 0.6 is 0 Å². The molecule has 5 nitrogen and oxygen atoms in total. The van der Waals surface area contributed by atoms with Crippen LogP contribution < -0.4 is 5.32 Å². The average molecular weight is 395 g/mol. The molecule has 1 amide bonds. The van der Waals surface area contributed by atoms with Gasteiger partial charge in [0.25, 0.3) is 5.91 Å². The quantitative estimate of drug-likeness (QED) is 0.696. The Hall–Kier alpha value is -3.40. The second-order valence-corrected chi connectivity index (χ2v) is 7.10. The van der Waals surface area contributed by atoms with E-state index >= 15 is 0 Å². The monoisotopic (exact) mass is 395 g/mol. The first-order valence-electron chi connectivity index (χ1n) is 9.48. The van der Waals surface area contributed by atoms with E-state index in [9.17, 15) is 13.6 Å². The molecule has 1 aliphatic heterocycles. The Labute approximate surface area is 166 Å². The number of likely N-dealkylation sites (tertiary alicyclic amines) is 1. The minimum atomic E-state index is -0.824. The van der Waals surface area contributed by atoms with Gasteiger partial charge in [0.2, 0.25) is 0 Å². The van der Waals surface area contributed by atoms with Gasteiger partial charge in [0.05, 0.1) is 23.5 Å².